The number of aromatic amines is 1. The Labute approximate surface area is 130 Å². The predicted octanol–water partition coefficient (Wildman–Crippen LogP) is 2.43. The van der Waals surface area contributed by atoms with E-state index >= 15 is 0 Å². The van der Waals surface area contributed by atoms with Gasteiger partial charge in [-0.2, -0.15) is 0 Å². The zero-order valence-corrected chi connectivity index (χ0v) is 13.9. The van der Waals surface area contributed by atoms with Gasteiger partial charge in [0.1, 0.15) is 0 Å². The van der Waals surface area contributed by atoms with Crippen molar-refractivity contribution in [1.82, 2.24) is 9.29 Å². The van der Waals surface area contributed by atoms with Crippen LogP contribution in [0.1, 0.15) is 0 Å². The minimum absolute atomic E-state index is 0.181. The fourth-order valence-electron chi connectivity index (χ4n) is 2.05. The van der Waals surface area contributed by atoms with E-state index in [1.54, 1.807) is 18.3 Å². The molecule has 1 saturated heterocycles. The highest BCUT2D eigenvalue weighted by Crippen LogP contribution is 2.51. The molecule has 0 spiro atoms. The standard InChI is InChI=1S/C14H15N2O4PS/c1-9-10(2)20-21(19-9)14-8-11(22(17,18)16(3)4)7-13-12(14)5-6-15-13/h5-8,15H,1-2H2,3-4H3. The first kappa shape index (κ1) is 15.1. The first-order valence-corrected chi connectivity index (χ1v) is 9.00. The van der Waals surface area contributed by atoms with E-state index in [1.807, 2.05) is 6.07 Å². The van der Waals surface area contributed by atoms with Gasteiger partial charge in [-0.3, -0.25) is 0 Å². The van der Waals surface area contributed by atoms with Crippen molar-refractivity contribution < 1.29 is 17.5 Å². The third kappa shape index (κ3) is 2.31. The maximum Gasteiger partial charge on any atom is 0.327 e. The van der Waals surface area contributed by atoms with Gasteiger partial charge in [-0.05, 0) is 18.2 Å². The number of sulfonamides is 1. The summed E-state index contributed by atoms with van der Waals surface area (Å²) in [6.45, 7) is 7.43. The molecule has 1 aliphatic rings. The van der Waals surface area contributed by atoms with Crippen LogP contribution in [0.15, 0.2) is 54.0 Å². The third-order valence-electron chi connectivity index (χ3n) is 3.29. The molecule has 116 valence electrons. The van der Waals surface area contributed by atoms with Crippen LogP contribution in [-0.2, 0) is 19.1 Å². The van der Waals surface area contributed by atoms with Gasteiger partial charge in [-0.15, -0.1) is 0 Å². The van der Waals surface area contributed by atoms with Gasteiger partial charge in [0.25, 0.3) is 0 Å². The summed E-state index contributed by atoms with van der Waals surface area (Å²) >= 11 is 0. The van der Waals surface area contributed by atoms with Crippen molar-refractivity contribution in [3.63, 3.8) is 0 Å². The van der Waals surface area contributed by atoms with Crippen LogP contribution in [0.3, 0.4) is 0 Å². The molecule has 2 aromatic rings. The summed E-state index contributed by atoms with van der Waals surface area (Å²) in [7, 11) is -2.05. The Morgan fingerprint density at radius 1 is 1.18 bits per heavy atom. The van der Waals surface area contributed by atoms with Crippen molar-refractivity contribution in [1.29, 1.82) is 0 Å². The van der Waals surface area contributed by atoms with Gasteiger partial charge in [-0.25, -0.2) is 12.7 Å². The van der Waals surface area contributed by atoms with E-state index in [4.69, 9.17) is 9.05 Å². The van der Waals surface area contributed by atoms with Gasteiger partial charge < -0.3 is 14.0 Å². The molecule has 1 fully saturated rings. The van der Waals surface area contributed by atoms with Crippen LogP contribution in [-0.4, -0.2) is 31.8 Å². The zero-order valence-electron chi connectivity index (χ0n) is 12.2. The average Bonchev–Trinajstić information content (AvgIpc) is 3.04. The Hall–Kier alpha value is -1.82. The van der Waals surface area contributed by atoms with Gasteiger partial charge in [0.15, 0.2) is 11.5 Å². The molecule has 1 N–H and O–H groups in total. The van der Waals surface area contributed by atoms with Crippen molar-refractivity contribution in [2.24, 2.45) is 0 Å². The molecular weight excluding hydrogens is 323 g/mol. The third-order valence-corrected chi connectivity index (χ3v) is 6.62. The molecule has 8 heteroatoms. The van der Waals surface area contributed by atoms with Crippen LogP contribution in [0.5, 0.6) is 0 Å². The van der Waals surface area contributed by atoms with E-state index < -0.39 is 18.4 Å². The lowest BCUT2D eigenvalue weighted by atomic mass is 10.2. The van der Waals surface area contributed by atoms with Crippen LogP contribution in [0, 0.1) is 0 Å². The zero-order chi connectivity index (χ0) is 16.1. The molecule has 22 heavy (non-hydrogen) atoms. The minimum atomic E-state index is -3.56. The van der Waals surface area contributed by atoms with Crippen molar-refractivity contribution in [3.8, 4) is 0 Å². The maximum absolute atomic E-state index is 12.4. The normalized spacial score (nSPS) is 16.3. The van der Waals surface area contributed by atoms with Gasteiger partial charge in [0.2, 0.25) is 10.0 Å². The highest BCUT2D eigenvalue weighted by Gasteiger charge is 2.31. The van der Waals surface area contributed by atoms with E-state index in [9.17, 15) is 8.42 Å². The molecular formula is C14H15N2O4PS. The monoisotopic (exact) mass is 338 g/mol. The molecule has 0 atom stereocenters. The summed E-state index contributed by atoms with van der Waals surface area (Å²) in [4.78, 5) is 3.21. The summed E-state index contributed by atoms with van der Waals surface area (Å²) < 4.78 is 37.1. The van der Waals surface area contributed by atoms with Gasteiger partial charge in [0, 0.05) is 31.2 Å². The van der Waals surface area contributed by atoms with E-state index in [-0.39, 0.29) is 4.90 Å². The van der Waals surface area contributed by atoms with E-state index in [0.29, 0.717) is 22.3 Å². The number of nitrogens with zero attached hydrogens (tertiary/aromatic N) is 1. The first-order chi connectivity index (χ1) is 10.3. The molecule has 1 aromatic heterocycles. The van der Waals surface area contributed by atoms with Crippen molar-refractivity contribution in [2.75, 3.05) is 14.1 Å². The lowest BCUT2D eigenvalue weighted by Gasteiger charge is -2.14. The van der Waals surface area contributed by atoms with Crippen LogP contribution in [0.2, 0.25) is 0 Å². The molecule has 0 amide bonds. The predicted molar refractivity (Wildman–Crippen MR) is 86.2 cm³/mol. The lowest BCUT2D eigenvalue weighted by molar-refractivity contribution is 0.498. The summed E-state index contributed by atoms with van der Waals surface area (Å²) in [6, 6.07) is 5.04. The summed E-state index contributed by atoms with van der Waals surface area (Å²) in [5.74, 6) is 0.742. The number of rotatable bonds is 3. The van der Waals surface area contributed by atoms with Gasteiger partial charge >= 0.3 is 8.38 Å². The number of nitrogens with one attached hydrogen (secondary N) is 1. The molecule has 0 radical (unpaired) electrons. The molecule has 0 unspecified atom stereocenters. The second-order valence-electron chi connectivity index (χ2n) is 4.95. The molecule has 3 rings (SSSR count). The summed E-state index contributed by atoms with van der Waals surface area (Å²) in [5, 5.41) is 1.53. The average molecular weight is 338 g/mol. The maximum atomic E-state index is 12.4. The second-order valence-corrected chi connectivity index (χ2v) is 8.47. The number of aromatic nitrogens is 1. The van der Waals surface area contributed by atoms with E-state index in [1.165, 1.54) is 18.4 Å². The van der Waals surface area contributed by atoms with Crippen molar-refractivity contribution >= 4 is 34.6 Å². The second kappa shape index (κ2) is 5.12. The highest BCUT2D eigenvalue weighted by atomic mass is 32.2. The quantitative estimate of drug-likeness (QED) is 0.873. The molecule has 0 saturated carbocycles. The van der Waals surface area contributed by atoms with Gasteiger partial charge in [-0.1, -0.05) is 13.2 Å². The largest absolute Gasteiger partial charge is 0.432 e. The smallest absolute Gasteiger partial charge is 0.327 e. The van der Waals surface area contributed by atoms with Gasteiger partial charge in [0.05, 0.1) is 10.2 Å². The summed E-state index contributed by atoms with van der Waals surface area (Å²) in [6.07, 6.45) is 1.75. The fourth-order valence-corrected chi connectivity index (χ4v) is 4.57. The number of hydrogen-bond donors (Lipinski definition) is 1. The van der Waals surface area contributed by atoms with Crippen LogP contribution >= 0.6 is 8.38 Å². The topological polar surface area (TPSA) is 71.6 Å². The molecule has 1 aliphatic heterocycles. The molecule has 0 aliphatic carbocycles. The number of hydrogen-bond acceptors (Lipinski definition) is 4. The highest BCUT2D eigenvalue weighted by molar-refractivity contribution is 7.89. The summed E-state index contributed by atoms with van der Waals surface area (Å²) in [5.41, 5.74) is 0.704. The van der Waals surface area contributed by atoms with Crippen molar-refractivity contribution in [2.45, 2.75) is 4.90 Å². The number of benzene rings is 1. The van der Waals surface area contributed by atoms with E-state index in [2.05, 4.69) is 18.1 Å². The Morgan fingerprint density at radius 3 is 2.41 bits per heavy atom. The molecule has 0 bridgehead atoms. The minimum Gasteiger partial charge on any atom is -0.432 e. The molecule has 6 nitrogen and oxygen atoms in total. The van der Waals surface area contributed by atoms with Crippen LogP contribution in [0.25, 0.3) is 10.9 Å². The number of H-pyrrole nitrogens is 1. The van der Waals surface area contributed by atoms with Crippen LogP contribution < -0.4 is 5.30 Å². The Balaban J connectivity index is 2.19. The van der Waals surface area contributed by atoms with E-state index in [0.717, 1.165) is 5.39 Å². The lowest BCUT2D eigenvalue weighted by Crippen LogP contribution is -2.23. The Bertz CT molecular complexity index is 869. The van der Waals surface area contributed by atoms with Crippen molar-refractivity contribution in [3.05, 3.63) is 49.1 Å². The number of fused-ring (bicyclic) bond motifs is 1. The Morgan fingerprint density at radius 2 is 1.82 bits per heavy atom. The van der Waals surface area contributed by atoms with Crippen LogP contribution in [0.4, 0.5) is 0 Å². The molecule has 1 aromatic carbocycles. The first-order valence-electron chi connectivity index (χ1n) is 6.38. The fraction of sp³-hybridized carbons (Fsp3) is 0.143. The Kier molecular flexibility index (Phi) is 3.51. The SMILES string of the molecule is C=C1OP(c2cc(S(=O)(=O)N(C)C)cc3[nH]ccc23)OC1=C. The molecule has 2 heterocycles.